The second kappa shape index (κ2) is 10.6. The van der Waals surface area contributed by atoms with E-state index in [2.05, 4.69) is 102 Å². The van der Waals surface area contributed by atoms with E-state index in [9.17, 15) is 0 Å². The molecule has 1 aliphatic rings. The summed E-state index contributed by atoms with van der Waals surface area (Å²) in [4.78, 5) is 18.3. The Balaban J connectivity index is 1.21. The van der Waals surface area contributed by atoms with E-state index < -0.39 is 0 Å². The molecule has 0 amide bonds. The Morgan fingerprint density at radius 2 is 0.887 bits per heavy atom. The largest absolute Gasteiger partial charge is 0.456 e. The van der Waals surface area contributed by atoms with Crippen molar-refractivity contribution in [2.75, 3.05) is 4.90 Å². The minimum absolute atomic E-state index is 0.526. The summed E-state index contributed by atoms with van der Waals surface area (Å²) in [6, 6.07) is 54.4. The topological polar surface area (TPSA) is 68.2 Å². The molecule has 0 saturated carbocycles. The Hall–Kier alpha value is -7.31. The normalized spacial score (nSPS) is 12.5. The molecule has 0 unspecified atom stereocenters. The van der Waals surface area contributed by atoms with Crippen molar-refractivity contribution in [3.05, 3.63) is 158 Å². The quantitative estimate of drug-likeness (QED) is 0.185. The van der Waals surface area contributed by atoms with Crippen LogP contribution >= 0.6 is 0 Å². The van der Waals surface area contributed by atoms with Gasteiger partial charge in [-0.3, -0.25) is 4.90 Å². The van der Waals surface area contributed by atoms with E-state index in [4.69, 9.17) is 23.8 Å². The van der Waals surface area contributed by atoms with Gasteiger partial charge in [0.2, 0.25) is 5.95 Å². The number of benzene rings is 8. The molecule has 0 atom stereocenters. The van der Waals surface area contributed by atoms with Crippen LogP contribution in [0.15, 0.2) is 167 Å². The van der Waals surface area contributed by atoms with Crippen LogP contribution in [0.25, 0.3) is 99.3 Å². The highest BCUT2D eigenvalue weighted by atomic mass is 16.3. The number of nitrogens with zero attached hydrogens (tertiary/aromatic N) is 4. The fraction of sp³-hybridized carbons (Fsp3) is 0. The van der Waals surface area contributed by atoms with Gasteiger partial charge in [0.1, 0.15) is 22.3 Å². The predicted molar refractivity (Wildman–Crippen MR) is 214 cm³/mol. The van der Waals surface area contributed by atoms with Crippen molar-refractivity contribution in [2.45, 2.75) is 0 Å². The van der Waals surface area contributed by atoms with E-state index in [1.807, 2.05) is 60.7 Å². The molecule has 0 radical (unpaired) electrons. The van der Waals surface area contributed by atoms with Gasteiger partial charge in [0.15, 0.2) is 11.6 Å². The molecule has 0 saturated heterocycles. The number of hydrogen-bond acceptors (Lipinski definition) is 6. The van der Waals surface area contributed by atoms with Gasteiger partial charge in [-0.15, -0.1) is 0 Å². The first-order valence-electron chi connectivity index (χ1n) is 17.7. The lowest BCUT2D eigenvalue weighted by molar-refractivity contribution is 0.668. The lowest BCUT2D eigenvalue weighted by Gasteiger charge is -2.33. The highest BCUT2D eigenvalue weighted by molar-refractivity contribution is 6.19. The molecule has 0 bridgehead atoms. The van der Waals surface area contributed by atoms with E-state index in [0.717, 1.165) is 82.7 Å². The van der Waals surface area contributed by atoms with Crippen molar-refractivity contribution in [1.82, 2.24) is 15.0 Å². The second-order valence-electron chi connectivity index (χ2n) is 13.5. The van der Waals surface area contributed by atoms with Crippen molar-refractivity contribution in [3.8, 4) is 33.9 Å². The maximum Gasteiger partial charge on any atom is 0.238 e. The molecule has 246 valence electrons. The minimum Gasteiger partial charge on any atom is -0.456 e. The molecule has 3 aromatic heterocycles. The van der Waals surface area contributed by atoms with Crippen molar-refractivity contribution < 1.29 is 8.83 Å². The van der Waals surface area contributed by atoms with Crippen LogP contribution in [-0.2, 0) is 0 Å². The molecule has 6 nitrogen and oxygen atoms in total. The number of para-hydroxylation sites is 2. The van der Waals surface area contributed by atoms with Gasteiger partial charge in [0.25, 0.3) is 0 Å². The summed E-state index contributed by atoms with van der Waals surface area (Å²) in [7, 11) is 0. The summed E-state index contributed by atoms with van der Waals surface area (Å²) in [6.45, 7) is 0. The highest BCUT2D eigenvalue weighted by Crippen LogP contribution is 2.53. The van der Waals surface area contributed by atoms with Crippen LogP contribution in [0.5, 0.6) is 0 Å². The third-order valence-electron chi connectivity index (χ3n) is 10.7. The summed E-state index contributed by atoms with van der Waals surface area (Å²) in [5, 5.41) is 8.63. The Morgan fingerprint density at radius 3 is 1.57 bits per heavy atom. The average molecular weight is 679 g/mol. The molecule has 0 spiro atoms. The Labute approximate surface area is 302 Å². The molecule has 53 heavy (non-hydrogen) atoms. The van der Waals surface area contributed by atoms with Gasteiger partial charge in [-0.25, -0.2) is 4.98 Å². The zero-order valence-electron chi connectivity index (χ0n) is 28.1. The molecule has 6 heteroatoms. The monoisotopic (exact) mass is 678 g/mol. The lowest BCUT2D eigenvalue weighted by atomic mass is 9.88. The van der Waals surface area contributed by atoms with Gasteiger partial charge in [-0.05, 0) is 58.1 Å². The van der Waals surface area contributed by atoms with Crippen LogP contribution in [0.1, 0.15) is 0 Å². The summed E-state index contributed by atoms with van der Waals surface area (Å²) in [5.74, 6) is 1.64. The molecule has 12 rings (SSSR count). The van der Waals surface area contributed by atoms with Crippen molar-refractivity contribution >= 4 is 82.7 Å². The Morgan fingerprint density at radius 1 is 0.358 bits per heavy atom. The van der Waals surface area contributed by atoms with Crippen molar-refractivity contribution in [3.63, 3.8) is 0 Å². The van der Waals surface area contributed by atoms with Gasteiger partial charge in [-0.2, -0.15) is 9.97 Å². The van der Waals surface area contributed by atoms with Gasteiger partial charge in [0.05, 0.1) is 11.4 Å². The van der Waals surface area contributed by atoms with Gasteiger partial charge < -0.3 is 8.83 Å². The number of hydrogen-bond donors (Lipinski definition) is 0. The van der Waals surface area contributed by atoms with Crippen LogP contribution in [0, 0.1) is 0 Å². The SMILES string of the molecule is c1ccc2c3c(ccc2c1)N(c1nc(-c2cccc4oc5ccccc5c24)nc(-c2cccc4oc5ccccc5c24)n1)c1cccc2cccc-3c12. The number of anilines is 3. The van der Waals surface area contributed by atoms with E-state index in [0.29, 0.717) is 17.6 Å². The molecule has 8 aromatic carbocycles. The number of furan rings is 2. The van der Waals surface area contributed by atoms with Crippen LogP contribution in [0.4, 0.5) is 17.3 Å². The first-order valence-corrected chi connectivity index (χ1v) is 17.7. The highest BCUT2D eigenvalue weighted by Gasteiger charge is 2.30. The molecule has 11 aromatic rings. The number of aromatic nitrogens is 3. The van der Waals surface area contributed by atoms with Gasteiger partial charge >= 0.3 is 0 Å². The third-order valence-corrected chi connectivity index (χ3v) is 10.7. The predicted octanol–water partition coefficient (Wildman–Crippen LogP) is 12.8. The van der Waals surface area contributed by atoms with Crippen LogP contribution in [0.3, 0.4) is 0 Å². The van der Waals surface area contributed by atoms with Crippen LogP contribution in [-0.4, -0.2) is 15.0 Å². The molecule has 0 fully saturated rings. The minimum atomic E-state index is 0.526. The summed E-state index contributed by atoms with van der Waals surface area (Å²) >= 11 is 0. The molecule has 0 N–H and O–H groups in total. The summed E-state index contributed by atoms with van der Waals surface area (Å²) < 4.78 is 12.7. The maximum absolute atomic E-state index is 6.34. The molecule has 4 heterocycles. The molecular formula is C47H26N4O2. The summed E-state index contributed by atoms with van der Waals surface area (Å²) in [6.07, 6.45) is 0. The first kappa shape index (κ1) is 28.4. The van der Waals surface area contributed by atoms with E-state index >= 15 is 0 Å². The van der Waals surface area contributed by atoms with Crippen LogP contribution in [0.2, 0.25) is 0 Å². The lowest BCUT2D eigenvalue weighted by Crippen LogP contribution is -2.19. The third kappa shape index (κ3) is 4.00. The number of fused-ring (bicyclic) bond motifs is 10. The molecule has 0 aliphatic carbocycles. The number of rotatable bonds is 3. The van der Waals surface area contributed by atoms with Gasteiger partial charge in [-0.1, -0.05) is 121 Å². The van der Waals surface area contributed by atoms with E-state index in [-0.39, 0.29) is 0 Å². The first-order chi connectivity index (χ1) is 26.3. The zero-order chi connectivity index (χ0) is 34.6. The second-order valence-corrected chi connectivity index (χ2v) is 13.5. The molecular weight excluding hydrogens is 653 g/mol. The summed E-state index contributed by atoms with van der Waals surface area (Å²) in [5.41, 5.74) is 9.32. The van der Waals surface area contributed by atoms with E-state index in [1.165, 1.54) is 16.3 Å². The maximum atomic E-state index is 6.34. The van der Waals surface area contributed by atoms with Crippen LogP contribution < -0.4 is 4.90 Å². The fourth-order valence-electron chi connectivity index (χ4n) is 8.42. The standard InChI is InChI=1S/C47H26N4O2/c1-2-14-29-27(11-1)25-26-36-42(29)32-17-7-12-28-13-8-20-35(41(28)32)51(36)47-49-45(33-18-9-23-39-43(33)30-15-3-5-21-37(30)52-39)48-46(50-47)34-19-10-24-40-44(34)31-16-4-6-22-38(31)53-40/h1-26H. The smallest absolute Gasteiger partial charge is 0.238 e. The van der Waals surface area contributed by atoms with E-state index in [1.54, 1.807) is 0 Å². The zero-order valence-corrected chi connectivity index (χ0v) is 28.1. The Kier molecular flexibility index (Phi) is 5.68. The Bertz CT molecular complexity index is 3180. The van der Waals surface area contributed by atoms with Gasteiger partial charge in [0, 0.05) is 43.6 Å². The average Bonchev–Trinajstić information content (AvgIpc) is 3.79. The van der Waals surface area contributed by atoms with Crippen molar-refractivity contribution in [2.24, 2.45) is 0 Å². The fourth-order valence-corrected chi connectivity index (χ4v) is 8.42. The molecule has 1 aliphatic heterocycles. The van der Waals surface area contributed by atoms with Crippen molar-refractivity contribution in [1.29, 1.82) is 0 Å².